The molecule has 0 radical (unpaired) electrons. The van der Waals surface area contributed by atoms with Gasteiger partial charge in [0, 0.05) is 6.54 Å². The minimum atomic E-state index is 0.238. The van der Waals surface area contributed by atoms with Gasteiger partial charge in [-0.2, -0.15) is 0 Å². The van der Waals surface area contributed by atoms with E-state index in [1.807, 2.05) is 5.48 Å². The summed E-state index contributed by atoms with van der Waals surface area (Å²) in [6.45, 7) is 0.403. The van der Waals surface area contributed by atoms with Crippen LogP contribution < -0.4 is 5.48 Å². The van der Waals surface area contributed by atoms with Gasteiger partial charge in [0.1, 0.15) is 5.75 Å². The highest BCUT2D eigenvalue weighted by Crippen LogP contribution is 2.08. The molecule has 1 rings (SSSR count). The molecule has 0 aliphatic rings. The molecule has 3 heteroatoms. The maximum absolute atomic E-state index is 8.84. The van der Waals surface area contributed by atoms with Crippen LogP contribution in [0.3, 0.4) is 0 Å². The standard InChI is InChI=1S/C7H9NO2/c9-7-3-1-6(2-4-7)5-8-10/h1-4,8-10H,5H2. The fourth-order valence-corrected chi connectivity index (χ4v) is 0.705. The summed E-state index contributed by atoms with van der Waals surface area (Å²) in [7, 11) is 0. The molecule has 0 saturated carbocycles. The Labute approximate surface area is 58.9 Å². The van der Waals surface area contributed by atoms with Crippen molar-refractivity contribution in [1.82, 2.24) is 5.48 Å². The summed E-state index contributed by atoms with van der Waals surface area (Å²) in [6.07, 6.45) is 0. The highest BCUT2D eigenvalue weighted by Gasteiger charge is 1.89. The summed E-state index contributed by atoms with van der Waals surface area (Å²) in [5, 5.41) is 17.1. The van der Waals surface area contributed by atoms with E-state index in [1.165, 1.54) is 0 Å². The van der Waals surface area contributed by atoms with Crippen LogP contribution in [0, 0.1) is 0 Å². The molecule has 1 aromatic rings. The second kappa shape index (κ2) is 3.20. The number of phenols is 1. The molecule has 0 heterocycles. The average molecular weight is 139 g/mol. The van der Waals surface area contributed by atoms with Crippen LogP contribution in [0.5, 0.6) is 5.75 Å². The van der Waals surface area contributed by atoms with Crippen molar-refractivity contribution >= 4 is 0 Å². The Kier molecular flexibility index (Phi) is 2.25. The number of aromatic hydroxyl groups is 1. The van der Waals surface area contributed by atoms with Gasteiger partial charge in [-0.3, -0.25) is 0 Å². The molecular weight excluding hydrogens is 130 g/mol. The van der Waals surface area contributed by atoms with Crippen LogP contribution in [-0.2, 0) is 6.54 Å². The number of hydrogen-bond donors (Lipinski definition) is 3. The molecule has 54 valence electrons. The first-order chi connectivity index (χ1) is 4.83. The van der Waals surface area contributed by atoms with E-state index < -0.39 is 0 Å². The van der Waals surface area contributed by atoms with Gasteiger partial charge in [0.25, 0.3) is 0 Å². The lowest BCUT2D eigenvalue weighted by molar-refractivity contribution is 0.161. The smallest absolute Gasteiger partial charge is 0.115 e. The van der Waals surface area contributed by atoms with E-state index in [2.05, 4.69) is 0 Å². The molecule has 0 fully saturated rings. The highest BCUT2D eigenvalue weighted by molar-refractivity contribution is 5.25. The molecule has 0 spiro atoms. The Balaban J connectivity index is 2.69. The van der Waals surface area contributed by atoms with Crippen LogP contribution in [0.15, 0.2) is 24.3 Å². The number of hydrogen-bond acceptors (Lipinski definition) is 3. The molecule has 3 nitrogen and oxygen atoms in total. The summed E-state index contributed by atoms with van der Waals surface area (Å²) in [5.74, 6) is 0.238. The number of benzene rings is 1. The molecule has 10 heavy (non-hydrogen) atoms. The second-order valence-electron chi connectivity index (χ2n) is 2.00. The van der Waals surface area contributed by atoms with Gasteiger partial charge in [0.05, 0.1) is 0 Å². The SMILES string of the molecule is ONCc1ccc(O)cc1. The lowest BCUT2D eigenvalue weighted by Gasteiger charge is -1.97. The van der Waals surface area contributed by atoms with Gasteiger partial charge in [-0.05, 0) is 17.7 Å². The molecule has 0 bridgehead atoms. The van der Waals surface area contributed by atoms with Crippen LogP contribution in [0.25, 0.3) is 0 Å². The Morgan fingerprint density at radius 1 is 1.20 bits per heavy atom. The van der Waals surface area contributed by atoms with E-state index in [9.17, 15) is 0 Å². The summed E-state index contributed by atoms with van der Waals surface area (Å²) in [4.78, 5) is 0. The zero-order valence-corrected chi connectivity index (χ0v) is 5.41. The van der Waals surface area contributed by atoms with E-state index in [0.29, 0.717) is 6.54 Å². The number of phenolic OH excluding ortho intramolecular Hbond substituents is 1. The van der Waals surface area contributed by atoms with Gasteiger partial charge < -0.3 is 10.3 Å². The number of nitrogens with one attached hydrogen (secondary N) is 1. The molecule has 0 amide bonds. The Morgan fingerprint density at radius 3 is 2.30 bits per heavy atom. The maximum Gasteiger partial charge on any atom is 0.115 e. The molecule has 0 aromatic heterocycles. The predicted octanol–water partition coefficient (Wildman–Crippen LogP) is 0.871. The predicted molar refractivity (Wildman–Crippen MR) is 36.7 cm³/mol. The lowest BCUT2D eigenvalue weighted by Crippen LogP contribution is -2.05. The summed E-state index contributed by atoms with van der Waals surface area (Å²) in [5.41, 5.74) is 2.95. The van der Waals surface area contributed by atoms with Gasteiger partial charge in [0.15, 0.2) is 0 Å². The van der Waals surface area contributed by atoms with Crippen molar-refractivity contribution in [3.05, 3.63) is 29.8 Å². The normalized spacial score (nSPS) is 9.70. The van der Waals surface area contributed by atoms with Gasteiger partial charge in [-0.1, -0.05) is 12.1 Å². The van der Waals surface area contributed by atoms with E-state index in [-0.39, 0.29) is 5.75 Å². The minimum absolute atomic E-state index is 0.238. The van der Waals surface area contributed by atoms with Gasteiger partial charge >= 0.3 is 0 Å². The minimum Gasteiger partial charge on any atom is -0.508 e. The van der Waals surface area contributed by atoms with Crippen molar-refractivity contribution in [1.29, 1.82) is 0 Å². The molecule has 0 unspecified atom stereocenters. The monoisotopic (exact) mass is 139 g/mol. The van der Waals surface area contributed by atoms with Gasteiger partial charge in [0.2, 0.25) is 0 Å². The van der Waals surface area contributed by atoms with Gasteiger partial charge in [-0.15, -0.1) is 0 Å². The fourth-order valence-electron chi connectivity index (χ4n) is 0.705. The Bertz CT molecular complexity index is 195. The first-order valence-corrected chi connectivity index (χ1v) is 2.98. The van der Waals surface area contributed by atoms with Crippen molar-refractivity contribution in [3.8, 4) is 5.75 Å². The highest BCUT2D eigenvalue weighted by atomic mass is 16.5. The molecular formula is C7H9NO2. The molecule has 0 aliphatic carbocycles. The topological polar surface area (TPSA) is 52.5 Å². The summed E-state index contributed by atoms with van der Waals surface area (Å²) in [6, 6.07) is 6.62. The number of hydroxylamine groups is 1. The maximum atomic E-state index is 8.84. The van der Waals surface area contributed by atoms with Crippen molar-refractivity contribution < 1.29 is 10.3 Å². The third-order valence-corrected chi connectivity index (χ3v) is 1.22. The average Bonchev–Trinajstić information content (AvgIpc) is 1.95. The number of rotatable bonds is 2. The molecule has 0 aliphatic heterocycles. The third kappa shape index (κ3) is 1.72. The van der Waals surface area contributed by atoms with E-state index in [4.69, 9.17) is 10.3 Å². The second-order valence-corrected chi connectivity index (χ2v) is 2.00. The largest absolute Gasteiger partial charge is 0.508 e. The Hall–Kier alpha value is -1.06. The van der Waals surface area contributed by atoms with Crippen LogP contribution >= 0.6 is 0 Å². The van der Waals surface area contributed by atoms with Crippen molar-refractivity contribution in [3.63, 3.8) is 0 Å². The van der Waals surface area contributed by atoms with Crippen LogP contribution in [0.1, 0.15) is 5.56 Å². The lowest BCUT2D eigenvalue weighted by atomic mass is 10.2. The van der Waals surface area contributed by atoms with Crippen molar-refractivity contribution in [2.45, 2.75) is 6.54 Å². The van der Waals surface area contributed by atoms with Crippen molar-refractivity contribution in [2.24, 2.45) is 0 Å². The summed E-state index contributed by atoms with van der Waals surface area (Å²) >= 11 is 0. The van der Waals surface area contributed by atoms with Crippen LogP contribution in [0.2, 0.25) is 0 Å². The van der Waals surface area contributed by atoms with Crippen LogP contribution in [0.4, 0.5) is 0 Å². The molecule has 0 saturated heterocycles. The zero-order chi connectivity index (χ0) is 7.40. The summed E-state index contributed by atoms with van der Waals surface area (Å²) < 4.78 is 0. The fraction of sp³-hybridized carbons (Fsp3) is 0.143. The molecule has 3 N–H and O–H groups in total. The molecule has 0 atom stereocenters. The van der Waals surface area contributed by atoms with E-state index in [0.717, 1.165) is 5.56 Å². The van der Waals surface area contributed by atoms with E-state index >= 15 is 0 Å². The quantitative estimate of drug-likeness (QED) is 0.533. The zero-order valence-electron chi connectivity index (χ0n) is 5.41. The first-order valence-electron chi connectivity index (χ1n) is 2.98. The van der Waals surface area contributed by atoms with Gasteiger partial charge in [-0.25, -0.2) is 5.48 Å². The van der Waals surface area contributed by atoms with Crippen molar-refractivity contribution in [2.75, 3.05) is 0 Å². The van der Waals surface area contributed by atoms with E-state index in [1.54, 1.807) is 24.3 Å². The van der Waals surface area contributed by atoms with Crippen LogP contribution in [-0.4, -0.2) is 10.3 Å². The molecule has 1 aromatic carbocycles. The Morgan fingerprint density at radius 2 is 1.80 bits per heavy atom. The third-order valence-electron chi connectivity index (χ3n) is 1.22. The first kappa shape index (κ1) is 7.05.